The van der Waals surface area contributed by atoms with E-state index in [-0.39, 0.29) is 12.5 Å². The number of hydrogen-bond acceptors (Lipinski definition) is 3. The van der Waals surface area contributed by atoms with Gasteiger partial charge in [0.15, 0.2) is 0 Å². The number of benzene rings is 3. The van der Waals surface area contributed by atoms with Crippen LogP contribution in [0.2, 0.25) is 0 Å². The van der Waals surface area contributed by atoms with Gasteiger partial charge in [-0.15, -0.1) is 0 Å². The lowest BCUT2D eigenvalue weighted by atomic mass is 9.91. The normalized spacial score (nSPS) is 12.7. The number of fused-ring (bicyclic) bond motifs is 1. The highest BCUT2D eigenvalue weighted by molar-refractivity contribution is 5.96. The van der Waals surface area contributed by atoms with Gasteiger partial charge in [0.1, 0.15) is 5.75 Å². The van der Waals surface area contributed by atoms with Crippen LogP contribution >= 0.6 is 0 Å². The van der Waals surface area contributed by atoms with Crippen LogP contribution in [0, 0.1) is 13.8 Å². The number of ether oxygens (including phenoxy) is 1. The predicted octanol–water partition coefficient (Wildman–Crippen LogP) is 5.88. The number of carbonyl (C=O) groups excluding carboxylic acids is 1. The van der Waals surface area contributed by atoms with Crippen molar-refractivity contribution in [2.45, 2.75) is 46.1 Å². The van der Waals surface area contributed by atoms with Crippen molar-refractivity contribution in [3.63, 3.8) is 0 Å². The molecule has 0 radical (unpaired) electrons. The van der Waals surface area contributed by atoms with Crippen LogP contribution in [0.5, 0.6) is 5.75 Å². The molecule has 2 N–H and O–H groups in total. The average Bonchev–Trinajstić information content (AvgIpc) is 2.87. The molecule has 3 aromatic rings. The Morgan fingerprint density at radius 1 is 1.06 bits per heavy atom. The largest absolute Gasteiger partial charge is 0.493 e. The third kappa shape index (κ3) is 5.83. The summed E-state index contributed by atoms with van der Waals surface area (Å²) in [7, 11) is 0. The van der Waals surface area contributed by atoms with Gasteiger partial charge in [-0.2, -0.15) is 0 Å². The number of rotatable bonds is 8. The highest BCUT2D eigenvalue weighted by atomic mass is 16.5. The van der Waals surface area contributed by atoms with Crippen LogP contribution in [-0.4, -0.2) is 30.3 Å². The number of nitrogens with one attached hydrogen (secondary N) is 1. The van der Waals surface area contributed by atoms with Crippen molar-refractivity contribution in [3.05, 3.63) is 82.9 Å². The Hall–Kier alpha value is -3.80. The highest BCUT2D eigenvalue weighted by Crippen LogP contribution is 2.36. The van der Waals surface area contributed by atoms with Crippen molar-refractivity contribution < 1.29 is 19.4 Å². The van der Waals surface area contributed by atoms with Crippen LogP contribution in [0.1, 0.15) is 41.5 Å². The van der Waals surface area contributed by atoms with Gasteiger partial charge in [-0.1, -0.05) is 42.5 Å². The second kappa shape index (κ2) is 11.1. The number of hydrogen-bond donors (Lipinski definition) is 2. The maximum absolute atomic E-state index is 13.2. The van der Waals surface area contributed by atoms with Crippen molar-refractivity contribution in [2.75, 3.05) is 18.1 Å². The molecule has 0 saturated heterocycles. The molecule has 4 rings (SSSR count). The molecule has 0 aromatic heterocycles. The van der Waals surface area contributed by atoms with Gasteiger partial charge in [-0.25, -0.2) is 4.79 Å². The lowest BCUT2D eigenvalue weighted by molar-refractivity contribution is -0.118. The molecule has 0 atom stereocenters. The minimum atomic E-state index is -1.04. The molecule has 0 unspecified atom stereocenters. The molecule has 0 saturated carbocycles. The van der Waals surface area contributed by atoms with E-state index in [4.69, 9.17) is 9.84 Å². The van der Waals surface area contributed by atoms with Crippen molar-refractivity contribution in [3.8, 4) is 16.9 Å². The Labute approximate surface area is 206 Å². The standard InChI is InChI=1S/C29H32N2O4/c1-20-8-3-14-27(21(20)2)35-17-7-15-28(32)31-16-6-12-25-24(11-5-13-26(25)31)23-10-4-9-22(18-23)19-30-29(33)34/h3-5,8-11,13-14,18,30H,6-7,12,15-17,19H2,1-2H3,(H,33,34). The molecule has 1 aliphatic rings. The van der Waals surface area contributed by atoms with Crippen LogP contribution in [0.25, 0.3) is 11.1 Å². The van der Waals surface area contributed by atoms with Gasteiger partial charge < -0.3 is 20.1 Å². The van der Waals surface area contributed by atoms with E-state index >= 15 is 0 Å². The van der Waals surface area contributed by atoms with Crippen molar-refractivity contribution in [1.29, 1.82) is 0 Å². The summed E-state index contributed by atoms with van der Waals surface area (Å²) in [5.74, 6) is 0.998. The summed E-state index contributed by atoms with van der Waals surface area (Å²) >= 11 is 0. The van der Waals surface area contributed by atoms with Crippen LogP contribution < -0.4 is 15.0 Å². The lowest BCUT2D eigenvalue weighted by Crippen LogP contribution is -2.35. The fourth-order valence-corrected chi connectivity index (χ4v) is 4.60. The zero-order valence-corrected chi connectivity index (χ0v) is 20.3. The van der Waals surface area contributed by atoms with Crippen molar-refractivity contribution in [2.24, 2.45) is 0 Å². The molecule has 0 fully saturated rings. The van der Waals surface area contributed by atoms with Gasteiger partial charge >= 0.3 is 6.09 Å². The summed E-state index contributed by atoms with van der Waals surface area (Å²) in [6, 6.07) is 20.0. The quantitative estimate of drug-likeness (QED) is 0.402. The smallest absolute Gasteiger partial charge is 0.404 e. The summed E-state index contributed by atoms with van der Waals surface area (Å²) in [5, 5.41) is 11.3. The van der Waals surface area contributed by atoms with Gasteiger partial charge in [0.25, 0.3) is 0 Å². The summed E-state index contributed by atoms with van der Waals surface area (Å²) in [6.07, 6.45) is 1.87. The maximum atomic E-state index is 13.2. The van der Waals surface area contributed by atoms with Crippen LogP contribution in [0.15, 0.2) is 60.7 Å². The first-order valence-electron chi connectivity index (χ1n) is 12.1. The second-order valence-electron chi connectivity index (χ2n) is 8.96. The van der Waals surface area contributed by atoms with Crippen LogP contribution in [0.3, 0.4) is 0 Å². The van der Waals surface area contributed by atoms with E-state index in [1.54, 1.807) is 0 Å². The molecule has 3 aromatic carbocycles. The summed E-state index contributed by atoms with van der Waals surface area (Å²) in [4.78, 5) is 25.9. The molecule has 0 bridgehead atoms. The van der Waals surface area contributed by atoms with Crippen LogP contribution in [0.4, 0.5) is 10.5 Å². The molecule has 0 aliphatic carbocycles. The third-order valence-corrected chi connectivity index (χ3v) is 6.58. The minimum Gasteiger partial charge on any atom is -0.493 e. The number of aryl methyl sites for hydroxylation is 1. The van der Waals surface area contributed by atoms with Gasteiger partial charge in [-0.05, 0) is 84.7 Å². The number of amides is 2. The SMILES string of the molecule is Cc1cccc(OCCCC(=O)N2CCCc3c(-c4cccc(CNC(=O)O)c4)cccc32)c1C. The zero-order chi connectivity index (χ0) is 24.8. The fraction of sp³-hybridized carbons (Fsp3) is 0.310. The summed E-state index contributed by atoms with van der Waals surface area (Å²) < 4.78 is 5.93. The molecular weight excluding hydrogens is 440 g/mol. The van der Waals surface area contributed by atoms with E-state index in [2.05, 4.69) is 31.3 Å². The average molecular weight is 473 g/mol. The molecule has 1 heterocycles. The zero-order valence-electron chi connectivity index (χ0n) is 20.3. The number of anilines is 1. The molecule has 2 amide bonds. The molecule has 1 aliphatic heterocycles. The maximum Gasteiger partial charge on any atom is 0.404 e. The van der Waals surface area contributed by atoms with E-state index in [0.29, 0.717) is 19.4 Å². The van der Waals surface area contributed by atoms with Crippen molar-refractivity contribution in [1.82, 2.24) is 5.32 Å². The Balaban J connectivity index is 1.44. The summed E-state index contributed by atoms with van der Waals surface area (Å²) in [5.41, 5.74) is 7.50. The number of carboxylic acid groups (broad SMARTS) is 1. The summed E-state index contributed by atoms with van der Waals surface area (Å²) in [6.45, 7) is 5.60. The van der Waals surface area contributed by atoms with E-state index in [9.17, 15) is 9.59 Å². The predicted molar refractivity (Wildman–Crippen MR) is 138 cm³/mol. The van der Waals surface area contributed by atoms with Crippen molar-refractivity contribution >= 4 is 17.7 Å². The van der Waals surface area contributed by atoms with Gasteiger partial charge in [0, 0.05) is 25.2 Å². The topological polar surface area (TPSA) is 78.9 Å². The Morgan fingerprint density at radius 2 is 1.86 bits per heavy atom. The molecule has 0 spiro atoms. The lowest BCUT2D eigenvalue weighted by Gasteiger charge is -2.31. The monoisotopic (exact) mass is 472 g/mol. The van der Waals surface area contributed by atoms with E-state index < -0.39 is 6.09 Å². The molecule has 6 nitrogen and oxygen atoms in total. The van der Waals surface area contributed by atoms with Gasteiger partial charge in [-0.3, -0.25) is 4.79 Å². The Bertz CT molecular complexity index is 1220. The Kier molecular flexibility index (Phi) is 7.70. The molecular formula is C29H32N2O4. The first-order chi connectivity index (χ1) is 16.9. The van der Waals surface area contributed by atoms with E-state index in [1.165, 1.54) is 11.1 Å². The van der Waals surface area contributed by atoms with E-state index in [1.807, 2.05) is 53.4 Å². The first kappa shape index (κ1) is 24.3. The number of carbonyl (C=O) groups is 2. The van der Waals surface area contributed by atoms with Crippen LogP contribution in [-0.2, 0) is 17.8 Å². The highest BCUT2D eigenvalue weighted by Gasteiger charge is 2.24. The molecule has 35 heavy (non-hydrogen) atoms. The second-order valence-corrected chi connectivity index (χ2v) is 8.96. The van der Waals surface area contributed by atoms with Gasteiger partial charge in [0.05, 0.1) is 6.61 Å². The third-order valence-electron chi connectivity index (χ3n) is 6.58. The van der Waals surface area contributed by atoms with Gasteiger partial charge in [0.2, 0.25) is 5.91 Å². The minimum absolute atomic E-state index is 0.118. The fourth-order valence-electron chi connectivity index (χ4n) is 4.60. The molecule has 6 heteroatoms. The first-order valence-corrected chi connectivity index (χ1v) is 12.1. The van der Waals surface area contributed by atoms with E-state index in [0.717, 1.165) is 53.1 Å². The number of nitrogens with zero attached hydrogens (tertiary/aromatic N) is 1. The Morgan fingerprint density at radius 3 is 2.69 bits per heavy atom. The molecule has 182 valence electrons.